The zero-order valence-electron chi connectivity index (χ0n) is 17.9. The second-order valence-electron chi connectivity index (χ2n) is 10.1. The number of carbonyl (C=O) groups excluding carboxylic acids is 1. The number of carbonyl (C=O) groups is 1. The molecule has 1 nitrogen and oxygen atoms in total. The molecule has 0 saturated heterocycles. The van der Waals surface area contributed by atoms with Crippen LogP contribution in [0, 0.1) is 35.5 Å². The standard InChI is InChI=1S/C26H44O/c1-2-3-4-5-21-6-8-22(9-7-21)10-11-23-12-16-25(17-13-23)26-18-14-24(20-27)15-19-26/h10-11,20-26H,2-9,12-19H2,1H3. The lowest BCUT2D eigenvalue weighted by molar-refractivity contribution is -0.112. The van der Waals surface area contributed by atoms with Gasteiger partial charge in [0.1, 0.15) is 6.29 Å². The molecule has 3 saturated carbocycles. The minimum absolute atomic E-state index is 0.377. The maximum absolute atomic E-state index is 11.0. The van der Waals surface area contributed by atoms with Crippen LogP contribution in [0.1, 0.15) is 110 Å². The first-order chi connectivity index (χ1) is 13.3. The van der Waals surface area contributed by atoms with Crippen LogP contribution < -0.4 is 0 Å². The van der Waals surface area contributed by atoms with E-state index in [0.29, 0.717) is 5.92 Å². The van der Waals surface area contributed by atoms with Gasteiger partial charge in [0.2, 0.25) is 0 Å². The van der Waals surface area contributed by atoms with Crippen molar-refractivity contribution in [2.24, 2.45) is 35.5 Å². The monoisotopic (exact) mass is 372 g/mol. The highest BCUT2D eigenvalue weighted by Crippen LogP contribution is 2.41. The summed E-state index contributed by atoms with van der Waals surface area (Å²) in [6.45, 7) is 2.31. The van der Waals surface area contributed by atoms with Gasteiger partial charge >= 0.3 is 0 Å². The Morgan fingerprint density at radius 3 is 1.59 bits per heavy atom. The highest BCUT2D eigenvalue weighted by molar-refractivity contribution is 5.53. The Kier molecular flexibility index (Phi) is 8.94. The molecule has 0 heterocycles. The SMILES string of the molecule is CCCCCC1CCC(C=CC2CCC(C3CCC(C=O)CC3)CC2)CC1. The fraction of sp³-hybridized carbons (Fsp3) is 0.885. The molecule has 0 aliphatic heterocycles. The lowest BCUT2D eigenvalue weighted by Gasteiger charge is -2.36. The van der Waals surface area contributed by atoms with Gasteiger partial charge in [0.25, 0.3) is 0 Å². The molecular formula is C26H44O. The van der Waals surface area contributed by atoms with Crippen LogP contribution in [0.15, 0.2) is 12.2 Å². The molecule has 3 rings (SSSR count). The van der Waals surface area contributed by atoms with E-state index in [2.05, 4.69) is 19.1 Å². The molecule has 0 aromatic rings. The third-order valence-corrected chi connectivity index (χ3v) is 8.25. The van der Waals surface area contributed by atoms with E-state index in [4.69, 9.17) is 0 Å². The van der Waals surface area contributed by atoms with Crippen LogP contribution in [0.2, 0.25) is 0 Å². The third kappa shape index (κ3) is 6.75. The second-order valence-corrected chi connectivity index (χ2v) is 10.1. The van der Waals surface area contributed by atoms with E-state index >= 15 is 0 Å². The molecule has 0 spiro atoms. The van der Waals surface area contributed by atoms with Gasteiger partial charge in [-0.05, 0) is 107 Å². The highest BCUT2D eigenvalue weighted by atomic mass is 16.1. The molecule has 3 aliphatic rings. The van der Waals surface area contributed by atoms with Crippen molar-refractivity contribution in [3.8, 4) is 0 Å². The van der Waals surface area contributed by atoms with Gasteiger partial charge in [-0.2, -0.15) is 0 Å². The van der Waals surface area contributed by atoms with Gasteiger partial charge in [0.05, 0.1) is 0 Å². The minimum Gasteiger partial charge on any atom is -0.303 e. The summed E-state index contributed by atoms with van der Waals surface area (Å²) in [5.41, 5.74) is 0. The van der Waals surface area contributed by atoms with Crippen molar-refractivity contribution in [3.05, 3.63) is 12.2 Å². The Morgan fingerprint density at radius 1 is 0.630 bits per heavy atom. The predicted molar refractivity (Wildman–Crippen MR) is 116 cm³/mol. The maximum atomic E-state index is 11.0. The summed E-state index contributed by atoms with van der Waals surface area (Å²) < 4.78 is 0. The Morgan fingerprint density at radius 2 is 1.11 bits per heavy atom. The van der Waals surface area contributed by atoms with Crippen molar-refractivity contribution in [1.29, 1.82) is 0 Å². The molecule has 0 radical (unpaired) electrons. The molecule has 0 N–H and O–H groups in total. The molecule has 0 amide bonds. The van der Waals surface area contributed by atoms with Crippen LogP contribution in [-0.4, -0.2) is 6.29 Å². The molecular weight excluding hydrogens is 328 g/mol. The predicted octanol–water partition coefficient (Wildman–Crippen LogP) is 7.74. The summed E-state index contributed by atoms with van der Waals surface area (Å²) in [4.78, 5) is 11.0. The van der Waals surface area contributed by atoms with Crippen molar-refractivity contribution in [3.63, 3.8) is 0 Å². The van der Waals surface area contributed by atoms with Gasteiger partial charge in [-0.15, -0.1) is 0 Å². The first-order valence-electron chi connectivity index (χ1n) is 12.4. The van der Waals surface area contributed by atoms with Crippen molar-refractivity contribution in [1.82, 2.24) is 0 Å². The van der Waals surface area contributed by atoms with Crippen molar-refractivity contribution in [2.75, 3.05) is 0 Å². The van der Waals surface area contributed by atoms with Crippen LogP contribution in [0.25, 0.3) is 0 Å². The van der Waals surface area contributed by atoms with Gasteiger partial charge in [-0.3, -0.25) is 0 Å². The number of rotatable bonds is 8. The number of allylic oxidation sites excluding steroid dienone is 2. The van der Waals surface area contributed by atoms with Crippen molar-refractivity contribution >= 4 is 6.29 Å². The molecule has 0 aromatic heterocycles. The zero-order valence-corrected chi connectivity index (χ0v) is 17.9. The summed E-state index contributed by atoms with van der Waals surface area (Å²) in [7, 11) is 0. The number of hydrogen-bond acceptors (Lipinski definition) is 1. The summed E-state index contributed by atoms with van der Waals surface area (Å²) in [6.07, 6.45) is 28.7. The fourth-order valence-electron chi connectivity index (χ4n) is 6.23. The van der Waals surface area contributed by atoms with Crippen LogP contribution in [-0.2, 0) is 4.79 Å². The average Bonchev–Trinajstić information content (AvgIpc) is 2.74. The third-order valence-electron chi connectivity index (χ3n) is 8.25. The van der Waals surface area contributed by atoms with Crippen LogP contribution in [0.5, 0.6) is 0 Å². The normalized spacial score (nSPS) is 38.1. The first-order valence-corrected chi connectivity index (χ1v) is 12.4. The van der Waals surface area contributed by atoms with E-state index in [0.717, 1.165) is 42.4 Å². The number of unbranched alkanes of at least 4 members (excludes halogenated alkanes) is 2. The molecule has 3 aliphatic carbocycles. The summed E-state index contributed by atoms with van der Waals surface area (Å²) in [6, 6.07) is 0. The summed E-state index contributed by atoms with van der Waals surface area (Å²) >= 11 is 0. The largest absolute Gasteiger partial charge is 0.303 e. The molecule has 0 aromatic carbocycles. The van der Waals surface area contributed by atoms with E-state index < -0.39 is 0 Å². The minimum atomic E-state index is 0.377. The average molecular weight is 373 g/mol. The Balaban J connectivity index is 1.31. The van der Waals surface area contributed by atoms with Gasteiger partial charge in [-0.1, -0.05) is 44.8 Å². The molecule has 0 unspecified atom stereocenters. The fourth-order valence-corrected chi connectivity index (χ4v) is 6.23. The maximum Gasteiger partial charge on any atom is 0.123 e. The van der Waals surface area contributed by atoms with Crippen molar-refractivity contribution in [2.45, 2.75) is 110 Å². The van der Waals surface area contributed by atoms with Gasteiger partial charge in [-0.25, -0.2) is 0 Å². The van der Waals surface area contributed by atoms with E-state index in [-0.39, 0.29) is 0 Å². The summed E-state index contributed by atoms with van der Waals surface area (Å²) in [5.74, 6) is 5.03. The van der Waals surface area contributed by atoms with Crippen LogP contribution >= 0.6 is 0 Å². The van der Waals surface area contributed by atoms with Gasteiger partial charge in [0, 0.05) is 5.92 Å². The molecule has 3 fully saturated rings. The van der Waals surface area contributed by atoms with Crippen LogP contribution in [0.4, 0.5) is 0 Å². The Labute approximate surface area is 168 Å². The van der Waals surface area contributed by atoms with Gasteiger partial charge < -0.3 is 4.79 Å². The first kappa shape index (κ1) is 21.1. The molecule has 0 bridgehead atoms. The number of hydrogen-bond donors (Lipinski definition) is 0. The summed E-state index contributed by atoms with van der Waals surface area (Å²) in [5, 5.41) is 0. The molecule has 154 valence electrons. The van der Waals surface area contributed by atoms with E-state index in [1.54, 1.807) is 0 Å². The topological polar surface area (TPSA) is 17.1 Å². The van der Waals surface area contributed by atoms with E-state index in [9.17, 15) is 4.79 Å². The molecule has 0 atom stereocenters. The lowest BCUT2D eigenvalue weighted by Crippen LogP contribution is -2.25. The number of aldehydes is 1. The Hall–Kier alpha value is -0.590. The van der Waals surface area contributed by atoms with Gasteiger partial charge in [0.15, 0.2) is 0 Å². The van der Waals surface area contributed by atoms with E-state index in [1.807, 2.05) is 0 Å². The highest BCUT2D eigenvalue weighted by Gasteiger charge is 2.30. The van der Waals surface area contributed by atoms with Crippen molar-refractivity contribution < 1.29 is 4.79 Å². The lowest BCUT2D eigenvalue weighted by atomic mass is 9.69. The molecule has 27 heavy (non-hydrogen) atoms. The molecule has 1 heteroatoms. The zero-order chi connectivity index (χ0) is 18.9. The second kappa shape index (κ2) is 11.4. The smallest absolute Gasteiger partial charge is 0.123 e. The van der Waals surface area contributed by atoms with E-state index in [1.165, 1.54) is 96.2 Å². The quantitative estimate of drug-likeness (QED) is 0.242. The van der Waals surface area contributed by atoms with Crippen LogP contribution in [0.3, 0.4) is 0 Å². The Bertz CT molecular complexity index is 429.